The SMILES string of the molecule is CC(=O)c1cnc2ccc(-c3cc(C)c(O)c(F)c3)cc2c1N[C@H]1CC[C@H](N(C)C(=O)[C@@H]2CCCN2)CC1. The van der Waals surface area contributed by atoms with Crippen LogP contribution >= 0.6 is 0 Å². The van der Waals surface area contributed by atoms with Crippen LogP contribution in [-0.2, 0) is 4.79 Å². The number of likely N-dealkylation sites (N-methyl/N-ethyl adjacent to an activating group) is 1. The fraction of sp³-hybridized carbons (Fsp3) is 0.433. The van der Waals surface area contributed by atoms with Crippen LogP contribution in [0, 0.1) is 12.7 Å². The lowest BCUT2D eigenvalue weighted by Gasteiger charge is -2.36. The zero-order valence-electron chi connectivity index (χ0n) is 22.2. The van der Waals surface area contributed by atoms with Crippen molar-refractivity contribution in [1.82, 2.24) is 15.2 Å². The van der Waals surface area contributed by atoms with Crippen LogP contribution < -0.4 is 10.6 Å². The average Bonchev–Trinajstić information content (AvgIpc) is 3.46. The Balaban J connectivity index is 1.39. The summed E-state index contributed by atoms with van der Waals surface area (Å²) in [4.78, 5) is 31.9. The Morgan fingerprint density at radius 1 is 1.11 bits per heavy atom. The number of nitrogens with one attached hydrogen (secondary N) is 2. The van der Waals surface area contributed by atoms with Crippen molar-refractivity contribution < 1.29 is 19.1 Å². The molecule has 1 saturated carbocycles. The van der Waals surface area contributed by atoms with E-state index in [-0.39, 0.29) is 35.6 Å². The van der Waals surface area contributed by atoms with Crippen molar-refractivity contribution in [3.63, 3.8) is 0 Å². The van der Waals surface area contributed by atoms with E-state index >= 15 is 0 Å². The second kappa shape index (κ2) is 10.7. The van der Waals surface area contributed by atoms with Crippen molar-refractivity contribution in [1.29, 1.82) is 0 Å². The molecule has 1 amide bonds. The molecule has 0 spiro atoms. The van der Waals surface area contributed by atoms with Crippen molar-refractivity contribution in [3.05, 3.63) is 53.5 Å². The van der Waals surface area contributed by atoms with E-state index in [9.17, 15) is 19.1 Å². The Morgan fingerprint density at radius 3 is 2.53 bits per heavy atom. The third-order valence-electron chi connectivity index (χ3n) is 8.13. The Bertz CT molecular complexity index is 1350. The number of carbonyl (C=O) groups is 2. The maximum absolute atomic E-state index is 14.3. The summed E-state index contributed by atoms with van der Waals surface area (Å²) in [5.41, 5.74) is 3.87. The molecule has 1 aliphatic heterocycles. The highest BCUT2D eigenvalue weighted by Gasteiger charge is 2.32. The number of aromatic hydroxyl groups is 1. The monoisotopic (exact) mass is 518 g/mol. The average molecular weight is 519 g/mol. The van der Waals surface area contributed by atoms with E-state index in [2.05, 4.69) is 15.6 Å². The molecule has 2 fully saturated rings. The van der Waals surface area contributed by atoms with E-state index in [0.29, 0.717) is 16.7 Å². The van der Waals surface area contributed by atoms with Crippen molar-refractivity contribution in [2.45, 2.75) is 70.5 Å². The number of aromatic nitrogens is 1. The van der Waals surface area contributed by atoms with Crippen LogP contribution in [0.1, 0.15) is 61.4 Å². The van der Waals surface area contributed by atoms with Gasteiger partial charge in [0, 0.05) is 30.7 Å². The number of benzene rings is 2. The van der Waals surface area contributed by atoms with E-state index in [1.54, 1.807) is 19.2 Å². The summed E-state index contributed by atoms with van der Waals surface area (Å²) < 4.78 is 14.3. The molecule has 2 aromatic carbocycles. The number of rotatable bonds is 6. The van der Waals surface area contributed by atoms with Gasteiger partial charge in [0.15, 0.2) is 17.3 Å². The third-order valence-corrected chi connectivity index (χ3v) is 8.13. The number of hydrogen-bond donors (Lipinski definition) is 3. The molecule has 38 heavy (non-hydrogen) atoms. The van der Waals surface area contributed by atoms with E-state index in [0.717, 1.165) is 67.2 Å². The van der Waals surface area contributed by atoms with Gasteiger partial charge in [-0.25, -0.2) is 4.39 Å². The zero-order chi connectivity index (χ0) is 27.0. The largest absolute Gasteiger partial charge is 0.505 e. The predicted octanol–water partition coefficient (Wildman–Crippen LogP) is 5.19. The molecule has 1 saturated heterocycles. The van der Waals surface area contributed by atoms with Crippen molar-refractivity contribution in [2.24, 2.45) is 0 Å². The van der Waals surface area contributed by atoms with Gasteiger partial charge >= 0.3 is 0 Å². The highest BCUT2D eigenvalue weighted by Crippen LogP contribution is 2.35. The molecule has 5 rings (SSSR count). The number of ketones is 1. The Labute approximate surface area is 222 Å². The van der Waals surface area contributed by atoms with E-state index < -0.39 is 5.82 Å². The first-order valence-corrected chi connectivity index (χ1v) is 13.4. The van der Waals surface area contributed by atoms with Crippen molar-refractivity contribution in [2.75, 3.05) is 18.9 Å². The summed E-state index contributed by atoms with van der Waals surface area (Å²) >= 11 is 0. The van der Waals surface area contributed by atoms with Crippen LogP contribution in [0.25, 0.3) is 22.0 Å². The second-order valence-corrected chi connectivity index (χ2v) is 10.7. The Morgan fingerprint density at radius 2 is 1.87 bits per heavy atom. The van der Waals surface area contributed by atoms with Crippen LogP contribution in [0.5, 0.6) is 5.75 Å². The predicted molar refractivity (Wildman–Crippen MR) is 147 cm³/mol. The van der Waals surface area contributed by atoms with Gasteiger partial charge in [0.2, 0.25) is 5.91 Å². The molecule has 7 nitrogen and oxygen atoms in total. The number of aryl methyl sites for hydroxylation is 1. The summed E-state index contributed by atoms with van der Waals surface area (Å²) in [6.45, 7) is 4.10. The van der Waals surface area contributed by atoms with Crippen LogP contribution in [-0.4, -0.2) is 58.4 Å². The standard InChI is InChI=1S/C30H35FN4O3/c1-17-13-20(15-25(31)29(17)37)19-6-11-26-23(14-19)28(24(16-33-26)18(2)36)34-21-7-9-22(10-8-21)35(3)30(38)27-5-4-12-32-27/h6,11,13-16,21-22,27,32,37H,4-5,7-10,12H2,1-3H3,(H,33,34)/t21-,22-,27-/m0/s1. The number of phenols is 1. The number of fused-ring (bicyclic) bond motifs is 1. The molecule has 3 aromatic rings. The highest BCUT2D eigenvalue weighted by molar-refractivity contribution is 6.07. The minimum absolute atomic E-state index is 0.0582. The lowest BCUT2D eigenvalue weighted by molar-refractivity contribution is -0.134. The summed E-state index contributed by atoms with van der Waals surface area (Å²) in [6, 6.07) is 9.04. The van der Waals surface area contributed by atoms with Crippen LogP contribution in [0.2, 0.25) is 0 Å². The smallest absolute Gasteiger partial charge is 0.239 e. The summed E-state index contributed by atoms with van der Waals surface area (Å²) in [5.74, 6) is -0.911. The van der Waals surface area contributed by atoms with Crippen LogP contribution in [0.3, 0.4) is 0 Å². The molecule has 2 aliphatic rings. The van der Waals surface area contributed by atoms with Crippen molar-refractivity contribution >= 4 is 28.3 Å². The first kappa shape index (κ1) is 26.1. The number of carbonyl (C=O) groups excluding carboxylic acids is 2. The van der Waals surface area contributed by atoms with Gasteiger partial charge in [-0.15, -0.1) is 0 Å². The molecule has 0 radical (unpaired) electrons. The number of pyridine rings is 1. The van der Waals surface area contributed by atoms with Crippen molar-refractivity contribution in [3.8, 4) is 16.9 Å². The van der Waals surface area contributed by atoms with Gasteiger partial charge in [-0.2, -0.15) is 0 Å². The highest BCUT2D eigenvalue weighted by atomic mass is 19.1. The molecule has 1 atom stereocenters. The van der Waals surface area contributed by atoms with E-state index in [4.69, 9.17) is 0 Å². The number of phenolic OH excluding ortho intramolecular Hbond substituents is 1. The quantitative estimate of drug-likeness (QED) is 0.389. The molecule has 200 valence electrons. The second-order valence-electron chi connectivity index (χ2n) is 10.7. The van der Waals surface area contributed by atoms with Gasteiger partial charge in [0.1, 0.15) is 0 Å². The fourth-order valence-corrected chi connectivity index (χ4v) is 5.83. The van der Waals surface area contributed by atoms with Gasteiger partial charge in [0.25, 0.3) is 0 Å². The molecule has 8 heteroatoms. The first-order chi connectivity index (χ1) is 18.2. The summed E-state index contributed by atoms with van der Waals surface area (Å²) in [5, 5.41) is 17.6. The summed E-state index contributed by atoms with van der Waals surface area (Å²) in [7, 11) is 1.92. The lowest BCUT2D eigenvalue weighted by Crippen LogP contribution is -2.48. The molecule has 0 unspecified atom stereocenters. The van der Waals surface area contributed by atoms with Gasteiger partial charge in [0.05, 0.1) is 22.8 Å². The number of anilines is 1. The Kier molecular flexibility index (Phi) is 7.34. The normalized spacial score (nSPS) is 21.4. The van der Waals surface area contributed by atoms with E-state index in [1.807, 2.05) is 30.1 Å². The number of hydrogen-bond acceptors (Lipinski definition) is 6. The van der Waals surface area contributed by atoms with Gasteiger partial charge in [-0.1, -0.05) is 6.07 Å². The van der Waals surface area contributed by atoms with Crippen LogP contribution in [0.15, 0.2) is 36.5 Å². The number of nitrogens with zero attached hydrogens (tertiary/aromatic N) is 2. The molecule has 1 aliphatic carbocycles. The van der Waals surface area contributed by atoms with Crippen LogP contribution in [0.4, 0.5) is 10.1 Å². The maximum atomic E-state index is 14.3. The Hall–Kier alpha value is -3.52. The topological polar surface area (TPSA) is 94.6 Å². The summed E-state index contributed by atoms with van der Waals surface area (Å²) in [6.07, 6.45) is 7.10. The zero-order valence-corrected chi connectivity index (χ0v) is 22.2. The van der Waals surface area contributed by atoms with Gasteiger partial charge in [-0.05, 0) is 99.9 Å². The van der Waals surface area contributed by atoms with Gasteiger partial charge in [-0.3, -0.25) is 14.6 Å². The molecular formula is C30H35FN4O3. The minimum atomic E-state index is -0.669. The first-order valence-electron chi connectivity index (χ1n) is 13.4. The molecule has 2 heterocycles. The molecule has 3 N–H and O–H groups in total. The maximum Gasteiger partial charge on any atom is 0.239 e. The minimum Gasteiger partial charge on any atom is -0.505 e. The van der Waals surface area contributed by atoms with Gasteiger partial charge < -0.3 is 20.6 Å². The third kappa shape index (κ3) is 5.10. The number of halogens is 1. The fourth-order valence-electron chi connectivity index (χ4n) is 5.83. The molecular weight excluding hydrogens is 483 g/mol. The molecule has 1 aromatic heterocycles. The number of amides is 1. The number of Topliss-reactive ketones (excluding diaryl/α,β-unsaturated/α-hetero) is 1. The molecule has 0 bridgehead atoms. The van der Waals surface area contributed by atoms with E-state index in [1.165, 1.54) is 13.0 Å². The lowest BCUT2D eigenvalue weighted by atomic mass is 9.89.